The molecule has 0 unspecified atom stereocenters. The van der Waals surface area contributed by atoms with Crippen molar-refractivity contribution >= 4 is 23.7 Å². The van der Waals surface area contributed by atoms with Crippen molar-refractivity contribution in [3.05, 3.63) is 24.4 Å². The molecular formula is C10H13N3. The maximum absolute atomic E-state index is 4.10. The lowest BCUT2D eigenvalue weighted by Gasteiger charge is -1.95. The zero-order chi connectivity index (χ0) is 9.84. The lowest BCUT2D eigenvalue weighted by atomic mass is 10.1. The topological polar surface area (TPSA) is 41.0 Å². The molecule has 13 heavy (non-hydrogen) atoms. The number of aromatic amines is 1. The Bertz CT molecular complexity index is 358. The number of aliphatic imine (C=N–C) groups is 1. The van der Waals surface area contributed by atoms with Crippen LogP contribution in [-0.2, 0) is 0 Å². The van der Waals surface area contributed by atoms with Crippen molar-refractivity contribution in [3.8, 4) is 0 Å². The normalized spacial score (nSPS) is 10.6. The molecule has 0 aromatic carbocycles. The summed E-state index contributed by atoms with van der Waals surface area (Å²) in [6, 6.07) is 0. The van der Waals surface area contributed by atoms with Gasteiger partial charge in [0.15, 0.2) is 5.82 Å². The van der Waals surface area contributed by atoms with Crippen LogP contribution in [0.1, 0.15) is 25.1 Å². The van der Waals surface area contributed by atoms with E-state index in [1.54, 1.807) is 12.3 Å². The van der Waals surface area contributed by atoms with E-state index in [-0.39, 0.29) is 0 Å². The van der Waals surface area contributed by atoms with E-state index in [1.165, 1.54) is 0 Å². The van der Waals surface area contributed by atoms with Crippen molar-refractivity contribution in [1.29, 1.82) is 0 Å². The van der Waals surface area contributed by atoms with Gasteiger partial charge in [0.25, 0.3) is 0 Å². The summed E-state index contributed by atoms with van der Waals surface area (Å²) < 4.78 is 0. The third-order valence-corrected chi connectivity index (χ3v) is 1.67. The van der Waals surface area contributed by atoms with E-state index in [9.17, 15) is 0 Å². The summed E-state index contributed by atoms with van der Waals surface area (Å²) in [6.45, 7) is 11.3. The first-order valence-electron chi connectivity index (χ1n) is 4.06. The summed E-state index contributed by atoms with van der Waals surface area (Å²) in [5, 5.41) is 6.92. The van der Waals surface area contributed by atoms with Gasteiger partial charge in [-0.3, -0.25) is 5.10 Å². The molecule has 1 rings (SSSR count). The third kappa shape index (κ3) is 1.75. The van der Waals surface area contributed by atoms with Gasteiger partial charge in [-0.15, -0.1) is 0 Å². The van der Waals surface area contributed by atoms with Gasteiger partial charge in [0.2, 0.25) is 0 Å². The Hall–Kier alpha value is -1.64. The predicted octanol–water partition coefficient (Wildman–Crippen LogP) is 2.81. The molecule has 3 nitrogen and oxygen atoms in total. The largest absolute Gasteiger partial charge is 0.275 e. The van der Waals surface area contributed by atoms with E-state index in [2.05, 4.69) is 28.3 Å². The summed E-state index contributed by atoms with van der Waals surface area (Å²) in [5.74, 6) is 0.663. The fourth-order valence-electron chi connectivity index (χ4n) is 1.08. The molecule has 0 fully saturated rings. The molecule has 0 radical (unpaired) electrons. The summed E-state index contributed by atoms with van der Waals surface area (Å²) in [7, 11) is 0. The van der Waals surface area contributed by atoms with Gasteiger partial charge in [-0.2, -0.15) is 5.10 Å². The van der Waals surface area contributed by atoms with E-state index < -0.39 is 0 Å². The molecule has 0 saturated carbocycles. The minimum atomic E-state index is 0.663. The van der Waals surface area contributed by atoms with E-state index >= 15 is 0 Å². The fourth-order valence-corrected chi connectivity index (χ4v) is 1.08. The standard InChI is InChI=1S/C10H13N3/c1-5-8-9(7(3)4)12-13-10(8)11-6-2/h5-6H,1,3H2,2,4H3,(H,12,13). The van der Waals surface area contributed by atoms with Gasteiger partial charge in [0.1, 0.15) is 0 Å². The highest BCUT2D eigenvalue weighted by molar-refractivity contribution is 5.76. The van der Waals surface area contributed by atoms with Gasteiger partial charge >= 0.3 is 0 Å². The number of rotatable bonds is 3. The van der Waals surface area contributed by atoms with Crippen LogP contribution < -0.4 is 0 Å². The molecule has 0 aliphatic heterocycles. The minimum absolute atomic E-state index is 0.663. The van der Waals surface area contributed by atoms with Gasteiger partial charge in [-0.25, -0.2) is 4.99 Å². The first-order valence-corrected chi connectivity index (χ1v) is 4.06. The summed E-state index contributed by atoms with van der Waals surface area (Å²) >= 11 is 0. The van der Waals surface area contributed by atoms with Crippen molar-refractivity contribution in [3.63, 3.8) is 0 Å². The van der Waals surface area contributed by atoms with Crippen molar-refractivity contribution in [2.24, 2.45) is 4.99 Å². The Morgan fingerprint density at radius 1 is 1.62 bits per heavy atom. The Morgan fingerprint density at radius 2 is 2.31 bits per heavy atom. The first kappa shape index (κ1) is 9.45. The number of hydrogen-bond acceptors (Lipinski definition) is 2. The molecule has 0 bridgehead atoms. The highest BCUT2D eigenvalue weighted by Crippen LogP contribution is 2.24. The molecule has 0 aliphatic carbocycles. The number of aromatic nitrogens is 2. The third-order valence-electron chi connectivity index (χ3n) is 1.67. The molecule has 68 valence electrons. The van der Waals surface area contributed by atoms with Crippen LogP contribution in [0.15, 0.2) is 18.2 Å². The van der Waals surface area contributed by atoms with Gasteiger partial charge in [0.05, 0.1) is 5.69 Å². The predicted molar refractivity (Wildman–Crippen MR) is 57.2 cm³/mol. The van der Waals surface area contributed by atoms with Crippen LogP contribution in [0.2, 0.25) is 0 Å². The quantitative estimate of drug-likeness (QED) is 0.705. The van der Waals surface area contributed by atoms with Crippen LogP contribution in [-0.4, -0.2) is 16.4 Å². The molecule has 1 heterocycles. The minimum Gasteiger partial charge on any atom is -0.275 e. The number of nitrogens with zero attached hydrogens (tertiary/aromatic N) is 2. The molecule has 3 heteroatoms. The number of H-pyrrole nitrogens is 1. The Balaban J connectivity index is 3.25. The summed E-state index contributed by atoms with van der Waals surface area (Å²) in [6.07, 6.45) is 3.43. The second-order valence-electron chi connectivity index (χ2n) is 2.71. The average Bonchev–Trinajstić information content (AvgIpc) is 2.48. The van der Waals surface area contributed by atoms with E-state index in [4.69, 9.17) is 0 Å². The highest BCUT2D eigenvalue weighted by atomic mass is 15.2. The molecule has 0 aliphatic rings. The lowest BCUT2D eigenvalue weighted by Crippen LogP contribution is -1.80. The van der Waals surface area contributed by atoms with Crippen molar-refractivity contribution in [2.45, 2.75) is 13.8 Å². The van der Waals surface area contributed by atoms with Gasteiger partial charge in [-0.1, -0.05) is 19.2 Å². The van der Waals surface area contributed by atoms with Crippen LogP contribution in [0.4, 0.5) is 5.82 Å². The molecule has 0 saturated heterocycles. The molecule has 0 spiro atoms. The van der Waals surface area contributed by atoms with Crippen LogP contribution in [0, 0.1) is 0 Å². The van der Waals surface area contributed by atoms with Crippen molar-refractivity contribution < 1.29 is 0 Å². The maximum atomic E-state index is 4.10. The molecule has 0 amide bonds. The van der Waals surface area contributed by atoms with Crippen LogP contribution >= 0.6 is 0 Å². The smallest absolute Gasteiger partial charge is 0.181 e. The zero-order valence-corrected chi connectivity index (χ0v) is 7.96. The van der Waals surface area contributed by atoms with Gasteiger partial charge in [-0.05, 0) is 19.4 Å². The molecular weight excluding hydrogens is 162 g/mol. The maximum Gasteiger partial charge on any atom is 0.181 e. The Morgan fingerprint density at radius 3 is 2.77 bits per heavy atom. The first-order chi connectivity index (χ1) is 6.20. The highest BCUT2D eigenvalue weighted by Gasteiger charge is 2.08. The Labute approximate surface area is 77.9 Å². The second kappa shape index (κ2) is 3.85. The Kier molecular flexibility index (Phi) is 2.80. The van der Waals surface area contributed by atoms with Gasteiger partial charge in [0, 0.05) is 11.8 Å². The molecule has 1 aromatic rings. The lowest BCUT2D eigenvalue weighted by molar-refractivity contribution is 1.07. The monoisotopic (exact) mass is 175 g/mol. The van der Waals surface area contributed by atoms with E-state index in [1.807, 2.05) is 13.8 Å². The van der Waals surface area contributed by atoms with Crippen LogP contribution in [0.3, 0.4) is 0 Å². The van der Waals surface area contributed by atoms with Crippen molar-refractivity contribution in [2.75, 3.05) is 0 Å². The molecule has 1 N–H and O–H groups in total. The van der Waals surface area contributed by atoms with Gasteiger partial charge < -0.3 is 0 Å². The van der Waals surface area contributed by atoms with Crippen LogP contribution in [0.25, 0.3) is 11.6 Å². The van der Waals surface area contributed by atoms with E-state index in [0.29, 0.717) is 5.82 Å². The molecule has 1 aromatic heterocycles. The summed E-state index contributed by atoms with van der Waals surface area (Å²) in [4.78, 5) is 4.10. The number of allylic oxidation sites excluding steroid dienone is 1. The molecule has 0 atom stereocenters. The van der Waals surface area contributed by atoms with Crippen molar-refractivity contribution in [1.82, 2.24) is 10.2 Å². The fraction of sp³-hybridized carbons (Fsp3) is 0.200. The average molecular weight is 175 g/mol. The SMILES string of the molecule is C=Cc1c(N=CC)n[nH]c1C(=C)C. The van der Waals surface area contributed by atoms with E-state index in [0.717, 1.165) is 16.8 Å². The zero-order valence-electron chi connectivity index (χ0n) is 7.96. The number of nitrogens with one attached hydrogen (secondary N) is 1. The van der Waals surface area contributed by atoms with Crippen LogP contribution in [0.5, 0.6) is 0 Å². The summed E-state index contributed by atoms with van der Waals surface area (Å²) in [5.41, 5.74) is 2.74. The second-order valence-corrected chi connectivity index (χ2v) is 2.71. The number of hydrogen-bond donors (Lipinski definition) is 1.